The van der Waals surface area contributed by atoms with Crippen molar-refractivity contribution in [2.75, 3.05) is 7.11 Å². The maximum Gasteiger partial charge on any atom is 0.251 e. The highest BCUT2D eigenvalue weighted by Gasteiger charge is 2.17. The van der Waals surface area contributed by atoms with Crippen molar-refractivity contribution in [1.82, 2.24) is 10.3 Å². The predicted molar refractivity (Wildman–Crippen MR) is 98.0 cm³/mol. The van der Waals surface area contributed by atoms with Crippen LogP contribution in [-0.2, 0) is 0 Å². The molecule has 132 valence electrons. The number of hydrogen-bond donors (Lipinski definition) is 1. The van der Waals surface area contributed by atoms with Gasteiger partial charge >= 0.3 is 0 Å². The Morgan fingerprint density at radius 1 is 1.24 bits per heavy atom. The number of ether oxygens (including phenoxy) is 2. The number of carbonyl (C=O) groups excluding carboxylic acids is 1. The van der Waals surface area contributed by atoms with Crippen LogP contribution >= 0.6 is 0 Å². The van der Waals surface area contributed by atoms with E-state index in [0.717, 1.165) is 5.56 Å². The van der Waals surface area contributed by atoms with Gasteiger partial charge in [-0.3, -0.25) is 9.78 Å². The molecule has 5 heteroatoms. The zero-order valence-electron chi connectivity index (χ0n) is 14.9. The van der Waals surface area contributed by atoms with E-state index in [4.69, 9.17) is 9.47 Å². The maximum absolute atomic E-state index is 12.6. The quantitative estimate of drug-likeness (QED) is 0.740. The molecule has 0 unspecified atom stereocenters. The largest absolute Gasteiger partial charge is 0.493 e. The molecule has 25 heavy (non-hydrogen) atoms. The summed E-state index contributed by atoms with van der Waals surface area (Å²) in [5.41, 5.74) is 1.49. The molecular weight excluding hydrogens is 316 g/mol. The Labute approximate surface area is 148 Å². The molecule has 1 N–H and O–H groups in total. The Balaban J connectivity index is 2.19. The lowest BCUT2D eigenvalue weighted by Gasteiger charge is -2.18. The first-order valence-corrected chi connectivity index (χ1v) is 8.21. The van der Waals surface area contributed by atoms with E-state index in [2.05, 4.69) is 16.9 Å². The van der Waals surface area contributed by atoms with Crippen molar-refractivity contribution in [3.05, 3.63) is 66.5 Å². The van der Waals surface area contributed by atoms with Gasteiger partial charge in [0.05, 0.1) is 19.3 Å². The lowest BCUT2D eigenvalue weighted by molar-refractivity contribution is 0.0936. The molecule has 0 aliphatic heterocycles. The lowest BCUT2D eigenvalue weighted by atomic mass is 10.0. The minimum absolute atomic E-state index is 0.0252. The molecule has 5 nitrogen and oxygen atoms in total. The van der Waals surface area contributed by atoms with Crippen LogP contribution in [0.5, 0.6) is 11.5 Å². The first kappa shape index (κ1) is 18.5. The zero-order chi connectivity index (χ0) is 18.2. The SMILES string of the molecule is C=CC[C@@H](NC(=O)c1ccc(OC(C)C)c(OC)c1)c1ccncc1. The number of hydrogen-bond acceptors (Lipinski definition) is 4. The van der Waals surface area contributed by atoms with Crippen molar-refractivity contribution >= 4 is 5.91 Å². The van der Waals surface area contributed by atoms with Crippen LogP contribution in [0.1, 0.15) is 42.2 Å². The lowest BCUT2D eigenvalue weighted by Crippen LogP contribution is -2.28. The van der Waals surface area contributed by atoms with E-state index in [1.165, 1.54) is 0 Å². The maximum atomic E-state index is 12.6. The van der Waals surface area contributed by atoms with Gasteiger partial charge in [0.1, 0.15) is 0 Å². The molecule has 0 bridgehead atoms. The number of carbonyl (C=O) groups is 1. The minimum Gasteiger partial charge on any atom is -0.493 e. The fourth-order valence-electron chi connectivity index (χ4n) is 2.44. The number of nitrogens with one attached hydrogen (secondary N) is 1. The standard InChI is InChI=1S/C20H24N2O3/c1-5-6-17(15-9-11-21-12-10-15)22-20(23)16-7-8-18(25-14(2)3)19(13-16)24-4/h5,7-14,17H,1,6H2,2-4H3,(H,22,23)/t17-/m1/s1. The summed E-state index contributed by atoms with van der Waals surface area (Å²) in [7, 11) is 1.56. The van der Waals surface area contributed by atoms with Crippen LogP contribution in [0, 0.1) is 0 Å². The highest BCUT2D eigenvalue weighted by Crippen LogP contribution is 2.29. The van der Waals surface area contributed by atoms with Crippen LogP contribution in [0.3, 0.4) is 0 Å². The molecule has 0 aliphatic carbocycles. The van der Waals surface area contributed by atoms with Gasteiger partial charge in [-0.2, -0.15) is 0 Å². The molecule has 1 heterocycles. The summed E-state index contributed by atoms with van der Waals surface area (Å²) in [6.45, 7) is 7.65. The van der Waals surface area contributed by atoms with Crippen molar-refractivity contribution in [1.29, 1.82) is 0 Å². The summed E-state index contributed by atoms with van der Waals surface area (Å²) in [5, 5.41) is 3.03. The van der Waals surface area contributed by atoms with Crippen molar-refractivity contribution in [3.63, 3.8) is 0 Å². The second kappa shape index (κ2) is 8.87. The molecule has 1 atom stereocenters. The van der Waals surface area contributed by atoms with Crippen LogP contribution in [0.25, 0.3) is 0 Å². The van der Waals surface area contributed by atoms with Crippen molar-refractivity contribution in [2.45, 2.75) is 32.4 Å². The van der Waals surface area contributed by atoms with Crippen LogP contribution in [0.2, 0.25) is 0 Å². The minimum atomic E-state index is -0.182. The van der Waals surface area contributed by atoms with Crippen LogP contribution in [0.15, 0.2) is 55.4 Å². The van der Waals surface area contributed by atoms with Crippen LogP contribution in [0.4, 0.5) is 0 Å². The molecule has 0 fully saturated rings. The summed E-state index contributed by atoms with van der Waals surface area (Å²) in [4.78, 5) is 16.7. The second-order valence-electron chi connectivity index (χ2n) is 5.86. The molecule has 1 aromatic heterocycles. The number of pyridine rings is 1. The molecule has 0 aliphatic rings. The highest BCUT2D eigenvalue weighted by atomic mass is 16.5. The highest BCUT2D eigenvalue weighted by molar-refractivity contribution is 5.95. The summed E-state index contributed by atoms with van der Waals surface area (Å²) in [6, 6.07) is 8.77. The third-order valence-electron chi connectivity index (χ3n) is 3.60. The Morgan fingerprint density at radius 2 is 1.96 bits per heavy atom. The van der Waals surface area contributed by atoms with E-state index >= 15 is 0 Å². The number of nitrogens with zero attached hydrogens (tertiary/aromatic N) is 1. The predicted octanol–water partition coefficient (Wildman–Crippen LogP) is 3.92. The summed E-state index contributed by atoms with van der Waals surface area (Å²) in [5.74, 6) is 0.967. The Bertz CT molecular complexity index is 714. The average Bonchev–Trinajstić information content (AvgIpc) is 2.61. The molecule has 1 amide bonds. The van der Waals surface area contributed by atoms with Crippen LogP contribution < -0.4 is 14.8 Å². The van der Waals surface area contributed by atoms with Gasteiger partial charge in [-0.05, 0) is 56.2 Å². The van der Waals surface area contributed by atoms with Gasteiger partial charge in [0.15, 0.2) is 11.5 Å². The van der Waals surface area contributed by atoms with E-state index in [0.29, 0.717) is 23.5 Å². The number of benzene rings is 1. The van der Waals surface area contributed by atoms with Crippen LogP contribution in [-0.4, -0.2) is 24.1 Å². The van der Waals surface area contributed by atoms with E-state index in [9.17, 15) is 4.79 Å². The van der Waals surface area contributed by atoms with E-state index in [1.54, 1.807) is 43.8 Å². The Hall–Kier alpha value is -2.82. The first-order valence-electron chi connectivity index (χ1n) is 8.21. The third-order valence-corrected chi connectivity index (χ3v) is 3.60. The fourth-order valence-corrected chi connectivity index (χ4v) is 2.44. The zero-order valence-corrected chi connectivity index (χ0v) is 14.9. The number of amides is 1. The molecule has 1 aromatic carbocycles. The van der Waals surface area contributed by atoms with E-state index in [1.807, 2.05) is 26.0 Å². The third kappa shape index (κ3) is 5.08. The molecular formula is C20H24N2O3. The van der Waals surface area contributed by atoms with Crippen molar-refractivity contribution in [3.8, 4) is 11.5 Å². The van der Waals surface area contributed by atoms with E-state index < -0.39 is 0 Å². The summed E-state index contributed by atoms with van der Waals surface area (Å²) in [6.07, 6.45) is 5.85. The number of methoxy groups -OCH3 is 1. The number of rotatable bonds is 8. The molecule has 0 saturated carbocycles. The summed E-state index contributed by atoms with van der Waals surface area (Å²) >= 11 is 0. The molecule has 0 spiro atoms. The van der Waals surface area contributed by atoms with Gasteiger partial charge in [-0.15, -0.1) is 6.58 Å². The van der Waals surface area contributed by atoms with Gasteiger partial charge in [0.2, 0.25) is 0 Å². The van der Waals surface area contributed by atoms with Gasteiger partial charge in [-0.1, -0.05) is 6.08 Å². The monoisotopic (exact) mass is 340 g/mol. The smallest absolute Gasteiger partial charge is 0.251 e. The van der Waals surface area contributed by atoms with Crippen molar-refractivity contribution in [2.24, 2.45) is 0 Å². The molecule has 2 aromatic rings. The first-order chi connectivity index (χ1) is 12.0. The number of aromatic nitrogens is 1. The van der Waals surface area contributed by atoms with Crippen molar-refractivity contribution < 1.29 is 14.3 Å². The second-order valence-corrected chi connectivity index (χ2v) is 5.86. The summed E-state index contributed by atoms with van der Waals surface area (Å²) < 4.78 is 11.0. The molecule has 0 radical (unpaired) electrons. The fraction of sp³-hybridized carbons (Fsp3) is 0.300. The van der Waals surface area contributed by atoms with Gasteiger partial charge in [0, 0.05) is 18.0 Å². The molecule has 2 rings (SSSR count). The van der Waals surface area contributed by atoms with E-state index in [-0.39, 0.29) is 18.1 Å². The van der Waals surface area contributed by atoms with Gasteiger partial charge < -0.3 is 14.8 Å². The molecule has 0 saturated heterocycles. The van der Waals surface area contributed by atoms with Gasteiger partial charge in [-0.25, -0.2) is 0 Å². The Morgan fingerprint density at radius 3 is 2.56 bits per heavy atom. The normalized spacial score (nSPS) is 11.7. The Kier molecular flexibility index (Phi) is 6.57. The average molecular weight is 340 g/mol. The topological polar surface area (TPSA) is 60.5 Å². The van der Waals surface area contributed by atoms with Gasteiger partial charge in [0.25, 0.3) is 5.91 Å².